The number of aromatic nitrogens is 3. The first kappa shape index (κ1) is 9.44. The molecule has 0 atom stereocenters. The van der Waals surface area contributed by atoms with Crippen molar-refractivity contribution >= 4 is 17.8 Å². The molecule has 3 amide bonds. The van der Waals surface area contributed by atoms with Gasteiger partial charge >= 0.3 is 6.03 Å². The van der Waals surface area contributed by atoms with Gasteiger partial charge in [-0.25, -0.2) is 4.79 Å². The van der Waals surface area contributed by atoms with Crippen molar-refractivity contribution in [1.82, 2.24) is 25.2 Å². The minimum absolute atomic E-state index is 0.0630. The number of carbonyl (C=O) groups excluding carboxylic acids is 2. The Labute approximate surface area is 85.0 Å². The van der Waals surface area contributed by atoms with Gasteiger partial charge in [-0.1, -0.05) is 0 Å². The van der Waals surface area contributed by atoms with Crippen LogP contribution in [-0.2, 0) is 11.3 Å². The van der Waals surface area contributed by atoms with Crippen molar-refractivity contribution in [2.75, 3.05) is 18.8 Å². The van der Waals surface area contributed by atoms with E-state index in [-0.39, 0.29) is 25.0 Å². The first-order valence-electron chi connectivity index (χ1n) is 4.40. The van der Waals surface area contributed by atoms with E-state index >= 15 is 0 Å². The van der Waals surface area contributed by atoms with E-state index in [2.05, 4.69) is 15.5 Å². The number of hydrogen-bond acceptors (Lipinski definition) is 5. The minimum Gasteiger partial charge on any atom is -0.381 e. The van der Waals surface area contributed by atoms with Gasteiger partial charge in [0.2, 0.25) is 5.91 Å². The lowest BCUT2D eigenvalue weighted by atomic mass is 10.5. The summed E-state index contributed by atoms with van der Waals surface area (Å²) >= 11 is 0. The van der Waals surface area contributed by atoms with Gasteiger partial charge in [-0.15, -0.1) is 5.10 Å². The van der Waals surface area contributed by atoms with Crippen molar-refractivity contribution in [3.05, 3.63) is 6.20 Å². The largest absolute Gasteiger partial charge is 0.381 e. The van der Waals surface area contributed by atoms with Crippen LogP contribution in [0.2, 0.25) is 0 Å². The highest BCUT2D eigenvalue weighted by molar-refractivity contribution is 6.01. The number of nitrogen functional groups attached to an aromatic ring is 1. The number of imide groups is 1. The maximum Gasteiger partial charge on any atom is 0.324 e. The van der Waals surface area contributed by atoms with Crippen molar-refractivity contribution < 1.29 is 9.59 Å². The van der Waals surface area contributed by atoms with Crippen LogP contribution >= 0.6 is 0 Å². The second-order valence-corrected chi connectivity index (χ2v) is 3.07. The predicted molar refractivity (Wildman–Crippen MR) is 49.5 cm³/mol. The second-order valence-electron chi connectivity index (χ2n) is 3.07. The number of nitrogens with one attached hydrogen (secondary N) is 1. The summed E-state index contributed by atoms with van der Waals surface area (Å²) in [6.45, 7) is 0.655. The average Bonchev–Trinajstić information content (AvgIpc) is 2.73. The van der Waals surface area contributed by atoms with Crippen molar-refractivity contribution in [3.8, 4) is 0 Å². The van der Waals surface area contributed by atoms with Gasteiger partial charge in [0, 0.05) is 0 Å². The third kappa shape index (κ3) is 1.87. The molecule has 8 heteroatoms. The number of nitrogens with zero attached hydrogens (tertiary/aromatic N) is 4. The van der Waals surface area contributed by atoms with Crippen LogP contribution in [-0.4, -0.2) is 44.9 Å². The lowest BCUT2D eigenvalue weighted by molar-refractivity contribution is -0.125. The fourth-order valence-electron chi connectivity index (χ4n) is 1.29. The van der Waals surface area contributed by atoms with Crippen molar-refractivity contribution in [1.29, 1.82) is 0 Å². The number of urea groups is 1. The Morgan fingerprint density at radius 1 is 1.47 bits per heavy atom. The van der Waals surface area contributed by atoms with E-state index in [9.17, 15) is 9.59 Å². The quantitative estimate of drug-likeness (QED) is 0.585. The van der Waals surface area contributed by atoms with E-state index in [0.29, 0.717) is 12.4 Å². The van der Waals surface area contributed by atoms with Gasteiger partial charge in [0.05, 0.1) is 25.8 Å². The van der Waals surface area contributed by atoms with Crippen molar-refractivity contribution in [3.63, 3.8) is 0 Å². The zero-order chi connectivity index (χ0) is 10.8. The van der Waals surface area contributed by atoms with Gasteiger partial charge in [0.25, 0.3) is 0 Å². The zero-order valence-corrected chi connectivity index (χ0v) is 7.88. The van der Waals surface area contributed by atoms with Crippen LogP contribution in [0.4, 0.5) is 10.6 Å². The smallest absolute Gasteiger partial charge is 0.324 e. The van der Waals surface area contributed by atoms with Gasteiger partial charge in [-0.05, 0) is 0 Å². The number of amides is 3. The molecule has 1 aromatic rings. The Morgan fingerprint density at radius 3 is 2.80 bits per heavy atom. The molecule has 2 heterocycles. The van der Waals surface area contributed by atoms with Crippen molar-refractivity contribution in [2.24, 2.45) is 0 Å². The van der Waals surface area contributed by atoms with E-state index < -0.39 is 0 Å². The van der Waals surface area contributed by atoms with Crippen molar-refractivity contribution in [2.45, 2.75) is 6.54 Å². The Balaban J connectivity index is 1.93. The Hall–Kier alpha value is -2.12. The molecular formula is C7H10N6O2. The maximum atomic E-state index is 11.2. The summed E-state index contributed by atoms with van der Waals surface area (Å²) in [5, 5.41) is 10.1. The monoisotopic (exact) mass is 210 g/mol. The summed E-state index contributed by atoms with van der Waals surface area (Å²) in [6, 6.07) is -0.375. The van der Waals surface area contributed by atoms with Crippen LogP contribution in [0, 0.1) is 0 Å². The first-order chi connectivity index (χ1) is 7.16. The SMILES string of the molecule is Nc1cnn(CCN2C(=O)CNC2=O)n1. The van der Waals surface area contributed by atoms with Crippen LogP contribution in [0.1, 0.15) is 0 Å². The predicted octanol–water partition coefficient (Wildman–Crippen LogP) is -1.59. The molecule has 0 saturated carbocycles. The minimum atomic E-state index is -0.375. The number of rotatable bonds is 3. The molecule has 0 unspecified atom stereocenters. The highest BCUT2D eigenvalue weighted by atomic mass is 16.2. The normalized spacial score (nSPS) is 15.9. The van der Waals surface area contributed by atoms with Crippen LogP contribution < -0.4 is 11.1 Å². The topological polar surface area (TPSA) is 106 Å². The molecule has 8 nitrogen and oxygen atoms in total. The molecule has 1 aliphatic rings. The molecule has 1 fully saturated rings. The summed E-state index contributed by atoms with van der Waals surface area (Å²) in [4.78, 5) is 24.8. The Bertz CT molecular complexity index is 384. The molecule has 3 N–H and O–H groups in total. The molecule has 0 aliphatic carbocycles. The van der Waals surface area contributed by atoms with Gasteiger partial charge in [0.1, 0.15) is 0 Å². The van der Waals surface area contributed by atoms with Crippen LogP contribution in [0.5, 0.6) is 0 Å². The van der Waals surface area contributed by atoms with Gasteiger partial charge in [0.15, 0.2) is 5.82 Å². The number of hydrogen-bond donors (Lipinski definition) is 2. The summed E-state index contributed by atoms with van der Waals surface area (Å²) < 4.78 is 0. The van der Waals surface area contributed by atoms with E-state index in [0.717, 1.165) is 4.90 Å². The molecule has 1 aromatic heterocycles. The molecule has 0 spiro atoms. The molecule has 0 radical (unpaired) electrons. The molecule has 1 aliphatic heterocycles. The van der Waals surface area contributed by atoms with Crippen LogP contribution in [0.15, 0.2) is 6.20 Å². The average molecular weight is 210 g/mol. The van der Waals surface area contributed by atoms with Gasteiger partial charge in [-0.3, -0.25) is 9.69 Å². The van der Waals surface area contributed by atoms with E-state index in [4.69, 9.17) is 5.73 Å². The highest BCUT2D eigenvalue weighted by Gasteiger charge is 2.27. The Morgan fingerprint density at radius 2 is 2.27 bits per heavy atom. The molecule has 80 valence electrons. The van der Waals surface area contributed by atoms with Crippen LogP contribution in [0.25, 0.3) is 0 Å². The van der Waals surface area contributed by atoms with Gasteiger partial charge in [-0.2, -0.15) is 9.90 Å². The van der Waals surface area contributed by atoms with Gasteiger partial charge < -0.3 is 11.1 Å². The highest BCUT2D eigenvalue weighted by Crippen LogP contribution is 1.99. The molecule has 2 rings (SSSR count). The van der Waals surface area contributed by atoms with E-state index in [1.54, 1.807) is 0 Å². The van der Waals surface area contributed by atoms with E-state index in [1.807, 2.05) is 0 Å². The fraction of sp³-hybridized carbons (Fsp3) is 0.429. The lowest BCUT2D eigenvalue weighted by Crippen LogP contribution is -2.34. The van der Waals surface area contributed by atoms with E-state index in [1.165, 1.54) is 11.0 Å². The zero-order valence-electron chi connectivity index (χ0n) is 7.88. The molecule has 0 bridgehead atoms. The summed E-state index contributed by atoms with van der Waals surface area (Å²) in [5.41, 5.74) is 5.36. The summed E-state index contributed by atoms with van der Waals surface area (Å²) in [6.07, 6.45) is 1.41. The lowest BCUT2D eigenvalue weighted by Gasteiger charge is -2.10. The number of anilines is 1. The molecule has 1 saturated heterocycles. The van der Waals surface area contributed by atoms with Crippen LogP contribution in [0.3, 0.4) is 0 Å². The number of nitrogens with two attached hydrogens (primary N) is 1. The third-order valence-electron chi connectivity index (χ3n) is 2.01. The standard InChI is InChI=1S/C7H10N6O2/c8-5-3-10-13(11-5)2-1-12-6(14)4-9-7(12)15/h3H,1-2,4H2,(H2,8,11)(H,9,15). The summed E-state index contributed by atoms with van der Waals surface area (Å²) in [5.74, 6) is 0.0762. The fourth-order valence-corrected chi connectivity index (χ4v) is 1.29. The third-order valence-corrected chi connectivity index (χ3v) is 2.01. The second kappa shape index (κ2) is 3.56. The Kier molecular flexibility index (Phi) is 2.24. The molecule has 0 aromatic carbocycles. The summed E-state index contributed by atoms with van der Waals surface area (Å²) in [7, 11) is 0. The first-order valence-corrected chi connectivity index (χ1v) is 4.40. The number of carbonyl (C=O) groups is 2. The molecule has 15 heavy (non-hydrogen) atoms. The maximum absolute atomic E-state index is 11.2. The molecular weight excluding hydrogens is 200 g/mol.